The lowest BCUT2D eigenvalue weighted by atomic mass is 10.1. The number of hydrogen-bond donors (Lipinski definition) is 1. The standard InChI is InChI=1S/C34H44N2O4S/c1-4-7-9-10-11-25-36(34(38)35-27-13-17-29(18-14-27)39-26-8-5-2)28-15-21-31(22-16-28)41-32-23-19-30(20-24-32)40-33(37)12-6-3/h13-24H,4-12,25-26H2,1-3H3,(H,35,38). The number of unbranched alkanes of at least 4 members (excludes halogenated alkanes) is 5. The fourth-order valence-electron chi connectivity index (χ4n) is 4.17. The van der Waals surface area contributed by atoms with E-state index in [1.165, 1.54) is 19.3 Å². The molecule has 1 N–H and O–H groups in total. The van der Waals surface area contributed by atoms with Crippen molar-refractivity contribution in [3.63, 3.8) is 0 Å². The molecule has 41 heavy (non-hydrogen) atoms. The van der Waals surface area contributed by atoms with Gasteiger partial charge in [0.1, 0.15) is 11.5 Å². The summed E-state index contributed by atoms with van der Waals surface area (Å²) in [6, 6.07) is 23.0. The number of nitrogens with one attached hydrogen (secondary N) is 1. The number of ether oxygens (including phenoxy) is 2. The van der Waals surface area contributed by atoms with Crippen LogP contribution in [0.5, 0.6) is 11.5 Å². The lowest BCUT2D eigenvalue weighted by Gasteiger charge is -2.24. The van der Waals surface area contributed by atoms with Crippen molar-refractivity contribution in [1.82, 2.24) is 0 Å². The van der Waals surface area contributed by atoms with E-state index in [0.29, 0.717) is 25.3 Å². The van der Waals surface area contributed by atoms with Gasteiger partial charge in [-0.25, -0.2) is 4.79 Å². The van der Waals surface area contributed by atoms with Gasteiger partial charge < -0.3 is 14.8 Å². The smallest absolute Gasteiger partial charge is 0.326 e. The Morgan fingerprint density at radius 2 is 1.32 bits per heavy atom. The van der Waals surface area contributed by atoms with Crippen LogP contribution in [0.4, 0.5) is 16.2 Å². The lowest BCUT2D eigenvalue weighted by molar-refractivity contribution is -0.134. The van der Waals surface area contributed by atoms with Crippen LogP contribution in [-0.4, -0.2) is 25.2 Å². The maximum Gasteiger partial charge on any atom is 0.326 e. The molecule has 6 nitrogen and oxygen atoms in total. The molecule has 7 heteroatoms. The summed E-state index contributed by atoms with van der Waals surface area (Å²) in [7, 11) is 0. The normalized spacial score (nSPS) is 10.7. The van der Waals surface area contributed by atoms with E-state index in [9.17, 15) is 9.59 Å². The van der Waals surface area contributed by atoms with Crippen LogP contribution in [0.2, 0.25) is 0 Å². The molecule has 3 aromatic rings. The molecule has 0 saturated carbocycles. The molecule has 3 rings (SSSR count). The van der Waals surface area contributed by atoms with Crippen molar-refractivity contribution >= 4 is 35.1 Å². The van der Waals surface area contributed by atoms with E-state index in [1.807, 2.05) is 84.6 Å². The van der Waals surface area contributed by atoms with Gasteiger partial charge in [0, 0.05) is 34.1 Å². The summed E-state index contributed by atoms with van der Waals surface area (Å²) < 4.78 is 11.1. The summed E-state index contributed by atoms with van der Waals surface area (Å²) in [5.41, 5.74) is 1.60. The van der Waals surface area contributed by atoms with Crippen LogP contribution >= 0.6 is 11.8 Å². The van der Waals surface area contributed by atoms with E-state index in [1.54, 1.807) is 11.8 Å². The Hall–Kier alpha value is -3.45. The predicted molar refractivity (Wildman–Crippen MR) is 170 cm³/mol. The summed E-state index contributed by atoms with van der Waals surface area (Å²) >= 11 is 1.62. The second-order valence-electron chi connectivity index (χ2n) is 10.0. The number of carbonyl (C=O) groups is 2. The van der Waals surface area contributed by atoms with Gasteiger partial charge in [0.05, 0.1) is 6.61 Å². The van der Waals surface area contributed by atoms with Crippen LogP contribution in [0, 0.1) is 0 Å². The second-order valence-corrected chi connectivity index (χ2v) is 11.2. The number of hydrogen-bond acceptors (Lipinski definition) is 5. The van der Waals surface area contributed by atoms with Gasteiger partial charge in [-0.1, -0.05) is 64.6 Å². The third-order valence-electron chi connectivity index (χ3n) is 6.50. The Kier molecular flexibility index (Phi) is 14.1. The molecule has 220 valence electrons. The molecule has 0 aliphatic rings. The van der Waals surface area contributed by atoms with E-state index in [0.717, 1.165) is 59.0 Å². The number of anilines is 2. The number of benzene rings is 3. The third kappa shape index (κ3) is 11.5. The highest BCUT2D eigenvalue weighted by Crippen LogP contribution is 2.31. The minimum atomic E-state index is -0.212. The van der Waals surface area contributed by atoms with Crippen LogP contribution in [0.25, 0.3) is 0 Å². The average molecular weight is 577 g/mol. The minimum absolute atomic E-state index is 0.145. The number of amides is 2. The highest BCUT2D eigenvalue weighted by atomic mass is 32.2. The van der Waals surface area contributed by atoms with Crippen molar-refractivity contribution in [3.8, 4) is 11.5 Å². The molecule has 0 heterocycles. The van der Waals surface area contributed by atoms with Gasteiger partial charge in [0.15, 0.2) is 0 Å². The van der Waals surface area contributed by atoms with E-state index in [-0.39, 0.29) is 12.0 Å². The first-order chi connectivity index (χ1) is 20.0. The average Bonchev–Trinajstić information content (AvgIpc) is 2.98. The molecular formula is C34H44N2O4S. The molecule has 0 unspecified atom stereocenters. The molecule has 0 aromatic heterocycles. The molecule has 0 radical (unpaired) electrons. The zero-order valence-corrected chi connectivity index (χ0v) is 25.5. The van der Waals surface area contributed by atoms with Gasteiger partial charge in [-0.2, -0.15) is 0 Å². The van der Waals surface area contributed by atoms with Gasteiger partial charge in [-0.15, -0.1) is 0 Å². The van der Waals surface area contributed by atoms with Gasteiger partial charge in [0.25, 0.3) is 0 Å². The first kappa shape index (κ1) is 32.1. The van der Waals surface area contributed by atoms with Crippen molar-refractivity contribution < 1.29 is 19.1 Å². The molecule has 0 bridgehead atoms. The summed E-state index contributed by atoms with van der Waals surface area (Å²) in [6.45, 7) is 7.64. The molecule has 0 aliphatic heterocycles. The molecule has 3 aromatic carbocycles. The van der Waals surface area contributed by atoms with Crippen LogP contribution in [0.15, 0.2) is 82.6 Å². The van der Waals surface area contributed by atoms with Gasteiger partial charge in [0.2, 0.25) is 0 Å². The summed E-state index contributed by atoms with van der Waals surface area (Å²) in [4.78, 5) is 29.1. The first-order valence-electron chi connectivity index (χ1n) is 14.9. The quantitative estimate of drug-likeness (QED) is 0.0984. The highest BCUT2D eigenvalue weighted by Gasteiger charge is 2.16. The van der Waals surface area contributed by atoms with E-state index in [4.69, 9.17) is 9.47 Å². The Balaban J connectivity index is 1.64. The Labute approximate surface area is 249 Å². The minimum Gasteiger partial charge on any atom is -0.494 e. The lowest BCUT2D eigenvalue weighted by Crippen LogP contribution is -2.35. The molecule has 0 spiro atoms. The van der Waals surface area contributed by atoms with Gasteiger partial charge >= 0.3 is 12.0 Å². The van der Waals surface area contributed by atoms with Crippen LogP contribution < -0.4 is 19.7 Å². The highest BCUT2D eigenvalue weighted by molar-refractivity contribution is 7.99. The van der Waals surface area contributed by atoms with E-state index < -0.39 is 0 Å². The van der Waals surface area contributed by atoms with Crippen LogP contribution in [0.3, 0.4) is 0 Å². The fraction of sp³-hybridized carbons (Fsp3) is 0.412. The second kappa shape index (κ2) is 18.1. The monoisotopic (exact) mass is 576 g/mol. The summed E-state index contributed by atoms with van der Waals surface area (Å²) in [5, 5.41) is 3.06. The fourth-order valence-corrected chi connectivity index (χ4v) is 4.99. The van der Waals surface area contributed by atoms with Crippen molar-refractivity contribution in [2.45, 2.75) is 88.3 Å². The number of esters is 1. The Morgan fingerprint density at radius 3 is 1.95 bits per heavy atom. The van der Waals surface area contributed by atoms with Crippen LogP contribution in [0.1, 0.15) is 78.6 Å². The largest absolute Gasteiger partial charge is 0.494 e. The van der Waals surface area contributed by atoms with Crippen molar-refractivity contribution in [2.24, 2.45) is 0 Å². The molecule has 0 saturated heterocycles. The maximum atomic E-state index is 13.4. The van der Waals surface area contributed by atoms with Crippen molar-refractivity contribution in [1.29, 1.82) is 0 Å². The number of nitrogens with zero attached hydrogens (tertiary/aromatic N) is 1. The maximum absolute atomic E-state index is 13.4. The molecular weight excluding hydrogens is 532 g/mol. The van der Waals surface area contributed by atoms with Crippen molar-refractivity contribution in [2.75, 3.05) is 23.4 Å². The van der Waals surface area contributed by atoms with Crippen molar-refractivity contribution in [3.05, 3.63) is 72.8 Å². The van der Waals surface area contributed by atoms with Crippen LogP contribution in [-0.2, 0) is 4.79 Å². The zero-order valence-electron chi connectivity index (χ0n) is 24.7. The molecule has 0 aliphatic carbocycles. The Bertz CT molecular complexity index is 1180. The Morgan fingerprint density at radius 1 is 0.707 bits per heavy atom. The molecule has 2 amide bonds. The first-order valence-corrected chi connectivity index (χ1v) is 15.7. The topological polar surface area (TPSA) is 67.9 Å². The zero-order chi connectivity index (χ0) is 29.3. The van der Waals surface area contributed by atoms with E-state index in [2.05, 4.69) is 19.2 Å². The number of urea groups is 1. The molecule has 0 atom stereocenters. The number of rotatable bonds is 17. The predicted octanol–water partition coefficient (Wildman–Crippen LogP) is 9.73. The van der Waals surface area contributed by atoms with Gasteiger partial charge in [-0.05, 0) is 92.1 Å². The van der Waals surface area contributed by atoms with Gasteiger partial charge in [-0.3, -0.25) is 9.69 Å². The summed E-state index contributed by atoms with van der Waals surface area (Å²) in [6.07, 6.45) is 8.92. The third-order valence-corrected chi connectivity index (χ3v) is 7.51. The molecule has 0 fully saturated rings. The van der Waals surface area contributed by atoms with E-state index >= 15 is 0 Å². The SMILES string of the molecule is CCCCCCCN(C(=O)Nc1ccc(OCCCC)cc1)c1ccc(Sc2ccc(OC(=O)CCC)cc2)cc1. The number of carbonyl (C=O) groups excluding carboxylic acids is 2. The summed E-state index contributed by atoms with van der Waals surface area (Å²) in [5.74, 6) is 1.16.